The van der Waals surface area contributed by atoms with E-state index < -0.39 is 6.03 Å². The third-order valence-corrected chi connectivity index (χ3v) is 2.89. The van der Waals surface area contributed by atoms with Crippen LogP contribution >= 0.6 is 11.8 Å². The van der Waals surface area contributed by atoms with Crippen LogP contribution < -0.4 is 10.6 Å². The Kier molecular flexibility index (Phi) is 4.29. The number of imide groups is 1. The highest BCUT2D eigenvalue weighted by molar-refractivity contribution is 7.99. The number of carbonyl (C=O) groups is 2. The number of rotatable bonds is 3. The van der Waals surface area contributed by atoms with Crippen molar-refractivity contribution in [3.8, 4) is 0 Å². The Balaban J connectivity index is 2.43. The maximum absolute atomic E-state index is 11.3. The zero-order valence-electron chi connectivity index (χ0n) is 9.27. The first kappa shape index (κ1) is 12.5. The summed E-state index contributed by atoms with van der Waals surface area (Å²) in [5, 5.41) is 12.8. The second-order valence-electron chi connectivity index (χ2n) is 3.00. The first-order valence-corrected chi connectivity index (χ1v) is 5.53. The molecule has 0 saturated carbocycles. The second-order valence-corrected chi connectivity index (χ2v) is 3.95. The standard InChI is InChI=1S/C8H13N5O2S/c1-5-11-12-8(13(5)3)16-4-6(14)10-7(15)9-2/h4H2,1-3H3,(H2,9,10,14,15). The first-order chi connectivity index (χ1) is 7.54. The van der Waals surface area contributed by atoms with Crippen LogP contribution in [0, 0.1) is 6.92 Å². The molecular formula is C8H13N5O2S. The Hall–Kier alpha value is -1.57. The van der Waals surface area contributed by atoms with E-state index in [9.17, 15) is 9.59 Å². The van der Waals surface area contributed by atoms with Gasteiger partial charge in [0, 0.05) is 14.1 Å². The predicted molar refractivity (Wildman–Crippen MR) is 59.1 cm³/mol. The summed E-state index contributed by atoms with van der Waals surface area (Å²) in [5.41, 5.74) is 0. The molecule has 0 bridgehead atoms. The van der Waals surface area contributed by atoms with Crippen molar-refractivity contribution >= 4 is 23.7 Å². The van der Waals surface area contributed by atoms with E-state index in [0.717, 1.165) is 5.82 Å². The lowest BCUT2D eigenvalue weighted by molar-refractivity contribution is -0.117. The number of aryl methyl sites for hydroxylation is 1. The van der Waals surface area contributed by atoms with Gasteiger partial charge in [-0.15, -0.1) is 10.2 Å². The number of nitrogens with zero attached hydrogens (tertiary/aromatic N) is 3. The molecule has 88 valence electrons. The van der Waals surface area contributed by atoms with E-state index >= 15 is 0 Å². The summed E-state index contributed by atoms with van der Waals surface area (Å²) in [7, 11) is 3.26. The van der Waals surface area contributed by atoms with E-state index in [1.54, 1.807) is 4.57 Å². The third kappa shape index (κ3) is 3.23. The summed E-state index contributed by atoms with van der Waals surface area (Å²) >= 11 is 1.23. The van der Waals surface area contributed by atoms with Gasteiger partial charge in [0.05, 0.1) is 5.75 Å². The largest absolute Gasteiger partial charge is 0.341 e. The minimum absolute atomic E-state index is 0.124. The fourth-order valence-electron chi connectivity index (χ4n) is 0.869. The van der Waals surface area contributed by atoms with Gasteiger partial charge < -0.3 is 9.88 Å². The number of carbonyl (C=O) groups excluding carboxylic acids is 2. The molecule has 7 nitrogen and oxygen atoms in total. The average Bonchev–Trinajstić information content (AvgIpc) is 2.57. The van der Waals surface area contributed by atoms with E-state index in [2.05, 4.69) is 20.8 Å². The van der Waals surface area contributed by atoms with Crippen molar-refractivity contribution in [2.75, 3.05) is 12.8 Å². The molecule has 3 amide bonds. The fourth-order valence-corrected chi connectivity index (χ4v) is 1.63. The maximum atomic E-state index is 11.3. The van der Waals surface area contributed by atoms with Gasteiger partial charge in [-0.25, -0.2) is 4.79 Å². The molecule has 8 heteroatoms. The summed E-state index contributed by atoms with van der Waals surface area (Å²) in [6.45, 7) is 1.82. The van der Waals surface area contributed by atoms with Crippen molar-refractivity contribution in [2.45, 2.75) is 12.1 Å². The average molecular weight is 243 g/mol. The number of hydrogen-bond donors (Lipinski definition) is 2. The molecule has 1 aromatic heterocycles. The molecule has 0 spiro atoms. The van der Waals surface area contributed by atoms with Crippen molar-refractivity contribution in [3.63, 3.8) is 0 Å². The number of nitrogens with one attached hydrogen (secondary N) is 2. The van der Waals surface area contributed by atoms with Gasteiger partial charge in [0.15, 0.2) is 5.16 Å². The minimum Gasteiger partial charge on any atom is -0.341 e. The molecule has 0 fully saturated rings. The Labute approximate surface area is 97.0 Å². The topological polar surface area (TPSA) is 88.9 Å². The van der Waals surface area contributed by atoms with Crippen molar-refractivity contribution in [1.29, 1.82) is 0 Å². The van der Waals surface area contributed by atoms with Gasteiger partial charge in [-0.3, -0.25) is 10.1 Å². The third-order valence-electron chi connectivity index (χ3n) is 1.86. The van der Waals surface area contributed by atoms with Crippen LogP contribution in [0.2, 0.25) is 0 Å². The highest BCUT2D eigenvalue weighted by Crippen LogP contribution is 2.14. The van der Waals surface area contributed by atoms with Crippen LogP contribution in [0.15, 0.2) is 5.16 Å². The minimum atomic E-state index is -0.514. The number of amides is 3. The highest BCUT2D eigenvalue weighted by Gasteiger charge is 2.10. The van der Waals surface area contributed by atoms with E-state index in [-0.39, 0.29) is 11.7 Å². The van der Waals surface area contributed by atoms with Crippen molar-refractivity contribution in [3.05, 3.63) is 5.82 Å². The van der Waals surface area contributed by atoms with Gasteiger partial charge in [0.1, 0.15) is 5.82 Å². The Morgan fingerprint density at radius 2 is 2.12 bits per heavy atom. The van der Waals surface area contributed by atoms with Gasteiger partial charge in [-0.2, -0.15) is 0 Å². The SMILES string of the molecule is CNC(=O)NC(=O)CSc1nnc(C)n1C. The van der Waals surface area contributed by atoms with Crippen LogP contribution in [0.1, 0.15) is 5.82 Å². The summed E-state index contributed by atoms with van der Waals surface area (Å²) < 4.78 is 1.78. The van der Waals surface area contributed by atoms with Gasteiger partial charge in [0.2, 0.25) is 5.91 Å². The van der Waals surface area contributed by atoms with Crippen molar-refractivity contribution in [2.24, 2.45) is 7.05 Å². The summed E-state index contributed by atoms with van der Waals surface area (Å²) in [4.78, 5) is 22.1. The molecule has 1 heterocycles. The number of aromatic nitrogens is 3. The van der Waals surface area contributed by atoms with E-state index in [4.69, 9.17) is 0 Å². The van der Waals surface area contributed by atoms with Crippen LogP contribution in [0.4, 0.5) is 4.79 Å². The lowest BCUT2D eigenvalue weighted by atomic mass is 10.7. The van der Waals surface area contributed by atoms with Crippen molar-refractivity contribution in [1.82, 2.24) is 25.4 Å². The molecule has 16 heavy (non-hydrogen) atoms. The molecule has 1 rings (SSSR count). The maximum Gasteiger partial charge on any atom is 0.321 e. The zero-order valence-corrected chi connectivity index (χ0v) is 10.1. The molecule has 0 radical (unpaired) electrons. The molecule has 0 aromatic carbocycles. The van der Waals surface area contributed by atoms with Gasteiger partial charge in [-0.05, 0) is 6.92 Å². The van der Waals surface area contributed by atoms with E-state index in [1.165, 1.54) is 18.8 Å². The fraction of sp³-hybridized carbons (Fsp3) is 0.500. The normalized spacial score (nSPS) is 9.94. The lowest BCUT2D eigenvalue weighted by Crippen LogP contribution is -2.38. The van der Waals surface area contributed by atoms with Crippen LogP contribution in [0.25, 0.3) is 0 Å². The van der Waals surface area contributed by atoms with E-state index in [0.29, 0.717) is 5.16 Å². The summed E-state index contributed by atoms with van der Waals surface area (Å²) in [5.74, 6) is 0.526. The van der Waals surface area contributed by atoms with E-state index in [1.807, 2.05) is 14.0 Å². The second kappa shape index (κ2) is 5.50. The van der Waals surface area contributed by atoms with Gasteiger partial charge in [0.25, 0.3) is 0 Å². The Bertz CT molecular complexity index is 403. The Morgan fingerprint density at radius 3 is 2.62 bits per heavy atom. The van der Waals surface area contributed by atoms with Crippen molar-refractivity contribution < 1.29 is 9.59 Å². The zero-order chi connectivity index (χ0) is 12.1. The molecule has 2 N–H and O–H groups in total. The van der Waals surface area contributed by atoms with Crippen LogP contribution in [-0.4, -0.2) is 39.5 Å². The quantitative estimate of drug-likeness (QED) is 0.710. The molecule has 0 saturated heterocycles. The first-order valence-electron chi connectivity index (χ1n) is 4.55. The number of hydrogen-bond acceptors (Lipinski definition) is 5. The number of thioether (sulfide) groups is 1. The number of urea groups is 1. The molecule has 0 aliphatic carbocycles. The molecule has 0 aliphatic rings. The predicted octanol–water partition coefficient (Wildman–Crippen LogP) is -0.329. The smallest absolute Gasteiger partial charge is 0.321 e. The molecule has 0 unspecified atom stereocenters. The Morgan fingerprint density at radius 1 is 1.44 bits per heavy atom. The summed E-state index contributed by atoms with van der Waals surface area (Å²) in [6, 6.07) is -0.514. The molecule has 1 aromatic rings. The lowest BCUT2D eigenvalue weighted by Gasteiger charge is -2.02. The summed E-state index contributed by atoms with van der Waals surface area (Å²) in [6.07, 6.45) is 0. The highest BCUT2D eigenvalue weighted by atomic mass is 32.2. The molecular weight excluding hydrogens is 230 g/mol. The monoisotopic (exact) mass is 243 g/mol. The van der Waals surface area contributed by atoms with Crippen LogP contribution in [0.3, 0.4) is 0 Å². The van der Waals surface area contributed by atoms with Crippen LogP contribution in [-0.2, 0) is 11.8 Å². The molecule has 0 aliphatic heterocycles. The van der Waals surface area contributed by atoms with Gasteiger partial charge in [-0.1, -0.05) is 11.8 Å². The van der Waals surface area contributed by atoms with Crippen LogP contribution in [0.5, 0.6) is 0 Å². The molecule has 0 atom stereocenters. The van der Waals surface area contributed by atoms with Gasteiger partial charge >= 0.3 is 6.03 Å².